The first-order valence-electron chi connectivity index (χ1n) is 7.07. The van der Waals surface area contributed by atoms with Crippen LogP contribution in [0.3, 0.4) is 0 Å². The van der Waals surface area contributed by atoms with Crippen LogP contribution in [0, 0.1) is 11.3 Å². The monoisotopic (exact) mass is 276 g/mol. The number of rotatable bonds is 4. The van der Waals surface area contributed by atoms with Gasteiger partial charge in [0.1, 0.15) is 0 Å². The fourth-order valence-electron chi connectivity index (χ4n) is 2.63. The van der Waals surface area contributed by atoms with Crippen molar-refractivity contribution in [1.82, 2.24) is 5.32 Å². The quantitative estimate of drug-likeness (QED) is 0.933. The van der Waals surface area contributed by atoms with E-state index in [1.165, 1.54) is 0 Å². The smallest absolute Gasteiger partial charge is 0.230 e. The molecule has 104 valence electrons. The minimum absolute atomic E-state index is 0.0797. The lowest BCUT2D eigenvalue weighted by atomic mass is 9.95. The predicted octanol–water partition coefficient (Wildman–Crippen LogP) is 2.91. The van der Waals surface area contributed by atoms with E-state index < -0.39 is 0 Å². The van der Waals surface area contributed by atoms with Gasteiger partial charge in [0.05, 0.1) is 17.0 Å². The van der Waals surface area contributed by atoms with Crippen LogP contribution in [0.1, 0.15) is 29.5 Å². The summed E-state index contributed by atoms with van der Waals surface area (Å²) in [5.74, 6) is 0.0797. The van der Waals surface area contributed by atoms with Crippen molar-refractivity contribution in [3.63, 3.8) is 0 Å². The molecule has 2 aromatic rings. The molecule has 0 atom stereocenters. The maximum absolute atomic E-state index is 12.5. The number of carbonyl (C=O) groups is 1. The Labute approximate surface area is 124 Å². The van der Waals surface area contributed by atoms with Crippen molar-refractivity contribution in [1.29, 1.82) is 5.26 Å². The Morgan fingerprint density at radius 1 is 1.14 bits per heavy atom. The van der Waals surface area contributed by atoms with Gasteiger partial charge in [0.15, 0.2) is 0 Å². The van der Waals surface area contributed by atoms with Gasteiger partial charge in [0.25, 0.3) is 0 Å². The minimum atomic E-state index is -0.339. The van der Waals surface area contributed by atoms with Crippen LogP contribution in [0.2, 0.25) is 0 Å². The zero-order chi connectivity index (χ0) is 14.7. The zero-order valence-corrected chi connectivity index (χ0v) is 11.7. The molecule has 0 aromatic heterocycles. The average molecular weight is 276 g/mol. The molecular weight excluding hydrogens is 260 g/mol. The Hall–Kier alpha value is -2.60. The Kier molecular flexibility index (Phi) is 3.45. The molecule has 1 N–H and O–H groups in total. The molecule has 0 unspecified atom stereocenters. The summed E-state index contributed by atoms with van der Waals surface area (Å²) < 4.78 is 0. The largest absolute Gasteiger partial charge is 0.351 e. The van der Waals surface area contributed by atoms with E-state index in [0.717, 1.165) is 24.0 Å². The van der Waals surface area contributed by atoms with Gasteiger partial charge in [0.2, 0.25) is 5.91 Å². The highest BCUT2D eigenvalue weighted by molar-refractivity contribution is 5.91. The van der Waals surface area contributed by atoms with Gasteiger partial charge in [-0.25, -0.2) is 0 Å². The summed E-state index contributed by atoms with van der Waals surface area (Å²) >= 11 is 0. The van der Waals surface area contributed by atoms with Crippen molar-refractivity contribution < 1.29 is 4.79 Å². The van der Waals surface area contributed by atoms with Crippen LogP contribution < -0.4 is 5.32 Å². The van der Waals surface area contributed by atoms with Crippen molar-refractivity contribution in [2.45, 2.75) is 24.8 Å². The van der Waals surface area contributed by atoms with Crippen LogP contribution in [-0.2, 0) is 16.8 Å². The second kappa shape index (κ2) is 5.41. The Morgan fingerprint density at radius 3 is 2.57 bits per heavy atom. The first kappa shape index (κ1) is 13.4. The van der Waals surface area contributed by atoms with Crippen LogP contribution in [-0.4, -0.2) is 5.91 Å². The molecule has 1 aliphatic carbocycles. The van der Waals surface area contributed by atoms with Crippen LogP contribution in [0.25, 0.3) is 0 Å². The van der Waals surface area contributed by atoms with Gasteiger partial charge in [-0.3, -0.25) is 4.79 Å². The summed E-state index contributed by atoms with van der Waals surface area (Å²) in [6.45, 7) is 0.461. The first-order chi connectivity index (χ1) is 10.2. The van der Waals surface area contributed by atoms with E-state index in [9.17, 15) is 4.79 Å². The summed E-state index contributed by atoms with van der Waals surface area (Å²) in [5, 5.41) is 11.9. The van der Waals surface area contributed by atoms with Crippen molar-refractivity contribution in [2.24, 2.45) is 0 Å². The fraction of sp³-hybridized carbons (Fsp3) is 0.222. The van der Waals surface area contributed by atoms with E-state index in [1.807, 2.05) is 48.5 Å². The molecular formula is C18H16N2O. The maximum atomic E-state index is 12.5. The Balaban J connectivity index is 1.69. The van der Waals surface area contributed by atoms with Gasteiger partial charge in [-0.05, 0) is 36.1 Å². The minimum Gasteiger partial charge on any atom is -0.351 e. The standard InChI is InChI=1S/C18H16N2O/c19-12-14-5-4-6-15(11-14)13-20-17(21)18(9-10-18)16-7-2-1-3-8-16/h1-8,11H,9-10,13H2,(H,20,21). The SMILES string of the molecule is N#Cc1cccc(CNC(=O)C2(c3ccccc3)CC2)c1. The third-order valence-electron chi connectivity index (χ3n) is 4.02. The molecule has 0 saturated heterocycles. The van der Waals surface area contributed by atoms with E-state index in [-0.39, 0.29) is 11.3 Å². The van der Waals surface area contributed by atoms with Gasteiger partial charge in [-0.15, -0.1) is 0 Å². The van der Waals surface area contributed by atoms with Crippen LogP contribution in [0.15, 0.2) is 54.6 Å². The molecule has 3 heteroatoms. The highest BCUT2D eigenvalue weighted by Gasteiger charge is 2.50. The fourth-order valence-corrected chi connectivity index (χ4v) is 2.63. The molecule has 0 heterocycles. The lowest BCUT2D eigenvalue weighted by Gasteiger charge is -2.15. The maximum Gasteiger partial charge on any atom is 0.230 e. The second-order valence-corrected chi connectivity index (χ2v) is 5.44. The molecule has 1 aliphatic rings. The number of benzene rings is 2. The van der Waals surface area contributed by atoms with Gasteiger partial charge in [-0.2, -0.15) is 5.26 Å². The van der Waals surface area contributed by atoms with Gasteiger partial charge >= 0.3 is 0 Å². The van der Waals surface area contributed by atoms with E-state index in [4.69, 9.17) is 5.26 Å². The van der Waals surface area contributed by atoms with E-state index in [2.05, 4.69) is 11.4 Å². The van der Waals surface area contributed by atoms with Gasteiger partial charge in [-0.1, -0.05) is 42.5 Å². The zero-order valence-electron chi connectivity index (χ0n) is 11.7. The highest BCUT2D eigenvalue weighted by Crippen LogP contribution is 2.48. The summed E-state index contributed by atoms with van der Waals surface area (Å²) in [6, 6.07) is 19.4. The molecule has 3 rings (SSSR count). The normalized spacial score (nSPS) is 15.0. The molecule has 0 spiro atoms. The topological polar surface area (TPSA) is 52.9 Å². The molecule has 3 nitrogen and oxygen atoms in total. The summed E-state index contributed by atoms with van der Waals surface area (Å²) in [6.07, 6.45) is 1.81. The first-order valence-corrected chi connectivity index (χ1v) is 7.07. The number of amides is 1. The molecule has 21 heavy (non-hydrogen) atoms. The Morgan fingerprint density at radius 2 is 1.90 bits per heavy atom. The highest BCUT2D eigenvalue weighted by atomic mass is 16.2. The molecule has 1 amide bonds. The van der Waals surface area contributed by atoms with E-state index in [0.29, 0.717) is 12.1 Å². The lowest BCUT2D eigenvalue weighted by molar-refractivity contribution is -0.123. The molecule has 2 aromatic carbocycles. The van der Waals surface area contributed by atoms with E-state index in [1.54, 1.807) is 6.07 Å². The van der Waals surface area contributed by atoms with Crippen LogP contribution >= 0.6 is 0 Å². The third-order valence-corrected chi connectivity index (χ3v) is 4.02. The van der Waals surface area contributed by atoms with Crippen molar-refractivity contribution >= 4 is 5.91 Å². The van der Waals surface area contributed by atoms with Crippen LogP contribution in [0.5, 0.6) is 0 Å². The molecule has 1 fully saturated rings. The predicted molar refractivity (Wildman–Crippen MR) is 80.4 cm³/mol. The third kappa shape index (κ3) is 2.66. The average Bonchev–Trinajstić information content (AvgIpc) is 3.35. The summed E-state index contributed by atoms with van der Waals surface area (Å²) in [4.78, 5) is 12.5. The number of nitrogens with one attached hydrogen (secondary N) is 1. The van der Waals surface area contributed by atoms with Gasteiger partial charge in [0, 0.05) is 6.54 Å². The number of nitriles is 1. The Bertz CT molecular complexity index is 697. The van der Waals surface area contributed by atoms with Crippen LogP contribution in [0.4, 0.5) is 0 Å². The summed E-state index contributed by atoms with van der Waals surface area (Å²) in [7, 11) is 0. The van der Waals surface area contributed by atoms with E-state index >= 15 is 0 Å². The van der Waals surface area contributed by atoms with Gasteiger partial charge < -0.3 is 5.32 Å². The number of carbonyl (C=O) groups excluding carboxylic acids is 1. The number of hydrogen-bond acceptors (Lipinski definition) is 2. The molecule has 0 aliphatic heterocycles. The molecule has 1 saturated carbocycles. The number of hydrogen-bond donors (Lipinski definition) is 1. The van der Waals surface area contributed by atoms with Crippen molar-refractivity contribution in [3.05, 3.63) is 71.3 Å². The summed E-state index contributed by atoms with van der Waals surface area (Å²) in [5.41, 5.74) is 2.32. The molecule has 0 radical (unpaired) electrons. The number of nitrogens with zero attached hydrogens (tertiary/aromatic N) is 1. The molecule has 0 bridgehead atoms. The second-order valence-electron chi connectivity index (χ2n) is 5.44. The lowest BCUT2D eigenvalue weighted by Crippen LogP contribution is -2.34. The van der Waals surface area contributed by atoms with Crippen molar-refractivity contribution in [2.75, 3.05) is 0 Å². The van der Waals surface area contributed by atoms with Crippen molar-refractivity contribution in [3.8, 4) is 6.07 Å².